The van der Waals surface area contributed by atoms with Gasteiger partial charge in [-0.1, -0.05) is 18.2 Å². The maximum Gasteiger partial charge on any atom is 0.140 e. The molecule has 1 aromatic heterocycles. The molecule has 0 aliphatic carbocycles. The summed E-state index contributed by atoms with van der Waals surface area (Å²) in [6.07, 6.45) is 0. The van der Waals surface area contributed by atoms with Crippen LogP contribution in [0.25, 0.3) is 0 Å². The van der Waals surface area contributed by atoms with Crippen LogP contribution >= 0.6 is 11.3 Å². The molecule has 4 heteroatoms. The minimum atomic E-state index is 0.289. The summed E-state index contributed by atoms with van der Waals surface area (Å²) in [5, 5.41) is 6.25. The number of nitrogens with zero attached hydrogens (tertiary/aromatic N) is 1. The molecule has 2 rings (SSSR count). The van der Waals surface area contributed by atoms with Gasteiger partial charge in [0.05, 0.1) is 5.69 Å². The van der Waals surface area contributed by atoms with E-state index in [-0.39, 0.29) is 6.04 Å². The molecule has 3 nitrogen and oxygen atoms in total. The predicted molar refractivity (Wildman–Crippen MR) is 70.4 cm³/mol. The Kier molecular flexibility index (Phi) is 4.12. The van der Waals surface area contributed by atoms with Gasteiger partial charge in [-0.3, -0.25) is 0 Å². The average Bonchev–Trinajstić information content (AvgIpc) is 2.85. The van der Waals surface area contributed by atoms with Gasteiger partial charge in [-0.05, 0) is 26.1 Å². The van der Waals surface area contributed by atoms with Crippen LogP contribution in [0.1, 0.15) is 23.7 Å². The van der Waals surface area contributed by atoms with Crippen LogP contribution in [0.3, 0.4) is 0 Å². The van der Waals surface area contributed by atoms with E-state index < -0.39 is 0 Å². The molecule has 0 spiro atoms. The molecule has 1 N–H and O–H groups in total. The Labute approximate surface area is 105 Å². The van der Waals surface area contributed by atoms with E-state index in [2.05, 4.69) is 22.6 Å². The Balaban J connectivity index is 1.94. The maximum absolute atomic E-state index is 5.65. The molecule has 0 aliphatic heterocycles. The van der Waals surface area contributed by atoms with Crippen molar-refractivity contribution in [2.75, 3.05) is 7.05 Å². The van der Waals surface area contributed by atoms with Gasteiger partial charge in [0, 0.05) is 11.4 Å². The van der Waals surface area contributed by atoms with Crippen molar-refractivity contribution in [2.45, 2.75) is 19.6 Å². The molecule has 17 heavy (non-hydrogen) atoms. The number of benzene rings is 1. The van der Waals surface area contributed by atoms with Crippen LogP contribution in [0, 0.1) is 0 Å². The number of para-hydroxylation sites is 1. The summed E-state index contributed by atoms with van der Waals surface area (Å²) in [6, 6.07) is 10.1. The van der Waals surface area contributed by atoms with E-state index in [1.165, 1.54) is 0 Å². The second kappa shape index (κ2) is 5.80. The van der Waals surface area contributed by atoms with Crippen LogP contribution < -0.4 is 10.1 Å². The first-order valence-electron chi connectivity index (χ1n) is 5.59. The molecule has 1 heterocycles. The fraction of sp³-hybridized carbons (Fsp3) is 0.308. The molecule has 1 unspecified atom stereocenters. The summed E-state index contributed by atoms with van der Waals surface area (Å²) in [6.45, 7) is 2.63. The number of aromatic nitrogens is 1. The van der Waals surface area contributed by atoms with Crippen molar-refractivity contribution in [1.82, 2.24) is 10.3 Å². The average molecular weight is 248 g/mol. The van der Waals surface area contributed by atoms with Crippen molar-refractivity contribution in [3.05, 3.63) is 46.4 Å². The zero-order chi connectivity index (χ0) is 12.1. The fourth-order valence-electron chi connectivity index (χ4n) is 1.40. The summed E-state index contributed by atoms with van der Waals surface area (Å²) in [4.78, 5) is 4.53. The van der Waals surface area contributed by atoms with Crippen molar-refractivity contribution in [1.29, 1.82) is 0 Å². The molecular formula is C13H16N2OS. The second-order valence-corrected chi connectivity index (χ2v) is 4.72. The van der Waals surface area contributed by atoms with E-state index in [0.29, 0.717) is 6.61 Å². The number of hydrogen-bond donors (Lipinski definition) is 1. The number of rotatable bonds is 5. The second-order valence-electron chi connectivity index (χ2n) is 3.78. The molecule has 90 valence electrons. The van der Waals surface area contributed by atoms with Gasteiger partial charge >= 0.3 is 0 Å². The number of nitrogens with one attached hydrogen (secondary N) is 1. The van der Waals surface area contributed by atoms with Crippen molar-refractivity contribution >= 4 is 11.3 Å². The highest BCUT2D eigenvalue weighted by atomic mass is 32.1. The molecule has 1 aromatic carbocycles. The van der Waals surface area contributed by atoms with Gasteiger partial charge < -0.3 is 10.1 Å². The number of hydrogen-bond acceptors (Lipinski definition) is 4. The van der Waals surface area contributed by atoms with Gasteiger partial charge in [0.15, 0.2) is 0 Å². The molecule has 1 atom stereocenters. The monoisotopic (exact) mass is 248 g/mol. The van der Waals surface area contributed by atoms with Crippen molar-refractivity contribution in [3.63, 3.8) is 0 Å². The van der Waals surface area contributed by atoms with Gasteiger partial charge in [-0.15, -0.1) is 11.3 Å². The summed E-state index contributed by atoms with van der Waals surface area (Å²) in [5.74, 6) is 0.880. The van der Waals surface area contributed by atoms with Crippen LogP contribution in [-0.2, 0) is 6.61 Å². The van der Waals surface area contributed by atoms with Crippen molar-refractivity contribution in [3.8, 4) is 5.75 Å². The van der Waals surface area contributed by atoms with Crippen molar-refractivity contribution < 1.29 is 4.74 Å². The molecule has 0 bridgehead atoms. The first kappa shape index (κ1) is 12.1. The minimum Gasteiger partial charge on any atom is -0.486 e. The van der Waals surface area contributed by atoms with E-state index in [9.17, 15) is 0 Å². The lowest BCUT2D eigenvalue weighted by Gasteiger charge is -2.05. The van der Waals surface area contributed by atoms with E-state index in [0.717, 1.165) is 16.5 Å². The van der Waals surface area contributed by atoms with Gasteiger partial charge in [-0.2, -0.15) is 0 Å². The summed E-state index contributed by atoms with van der Waals surface area (Å²) < 4.78 is 5.65. The first-order chi connectivity index (χ1) is 8.29. The molecule has 0 amide bonds. The number of ether oxygens (including phenoxy) is 1. The smallest absolute Gasteiger partial charge is 0.140 e. The molecule has 0 saturated heterocycles. The predicted octanol–water partition coefficient (Wildman–Crippen LogP) is 3.00. The summed E-state index contributed by atoms with van der Waals surface area (Å²) in [5.41, 5.74) is 1.07. The van der Waals surface area contributed by atoms with Gasteiger partial charge in [0.25, 0.3) is 0 Å². The largest absolute Gasteiger partial charge is 0.486 e. The molecule has 0 fully saturated rings. The highest BCUT2D eigenvalue weighted by Gasteiger charge is 2.08. The zero-order valence-corrected chi connectivity index (χ0v) is 10.8. The van der Waals surface area contributed by atoms with Crippen LogP contribution in [-0.4, -0.2) is 12.0 Å². The lowest BCUT2D eigenvalue weighted by molar-refractivity contribution is 0.305. The van der Waals surface area contributed by atoms with E-state index in [1.54, 1.807) is 11.3 Å². The minimum absolute atomic E-state index is 0.289. The molecule has 0 aliphatic rings. The van der Waals surface area contributed by atoms with Crippen LogP contribution in [0.15, 0.2) is 35.7 Å². The quantitative estimate of drug-likeness (QED) is 0.883. The Morgan fingerprint density at radius 3 is 2.82 bits per heavy atom. The first-order valence-corrected chi connectivity index (χ1v) is 6.47. The SMILES string of the molecule is CNC(C)c1csc(COc2ccccc2)n1. The maximum atomic E-state index is 5.65. The highest BCUT2D eigenvalue weighted by molar-refractivity contribution is 7.09. The molecule has 0 radical (unpaired) electrons. The van der Waals surface area contributed by atoms with Crippen molar-refractivity contribution in [2.24, 2.45) is 0 Å². The van der Waals surface area contributed by atoms with Gasteiger partial charge in [0.1, 0.15) is 17.4 Å². The van der Waals surface area contributed by atoms with E-state index in [1.807, 2.05) is 37.4 Å². The normalized spacial score (nSPS) is 12.4. The molecule has 0 saturated carbocycles. The number of thiazole rings is 1. The summed E-state index contributed by atoms with van der Waals surface area (Å²) >= 11 is 1.64. The van der Waals surface area contributed by atoms with E-state index in [4.69, 9.17) is 4.74 Å². The Bertz CT molecular complexity index is 455. The summed E-state index contributed by atoms with van der Waals surface area (Å²) in [7, 11) is 1.93. The van der Waals surface area contributed by atoms with E-state index >= 15 is 0 Å². The topological polar surface area (TPSA) is 34.1 Å². The molecular weight excluding hydrogens is 232 g/mol. The highest BCUT2D eigenvalue weighted by Crippen LogP contribution is 2.18. The van der Waals surface area contributed by atoms with Crippen LogP contribution in [0.5, 0.6) is 5.75 Å². The third-order valence-electron chi connectivity index (χ3n) is 2.55. The van der Waals surface area contributed by atoms with Crippen LogP contribution in [0.2, 0.25) is 0 Å². The third-order valence-corrected chi connectivity index (χ3v) is 3.39. The molecule has 2 aromatic rings. The Morgan fingerprint density at radius 1 is 1.35 bits per heavy atom. The Morgan fingerprint density at radius 2 is 2.12 bits per heavy atom. The van der Waals surface area contributed by atoms with Gasteiger partial charge in [0.2, 0.25) is 0 Å². The van der Waals surface area contributed by atoms with Crippen LogP contribution in [0.4, 0.5) is 0 Å². The zero-order valence-electron chi connectivity index (χ0n) is 10.0. The lowest BCUT2D eigenvalue weighted by Crippen LogP contribution is -2.12. The van der Waals surface area contributed by atoms with Gasteiger partial charge in [-0.25, -0.2) is 4.98 Å². The standard InChI is InChI=1S/C13H16N2OS/c1-10(14-2)12-9-17-13(15-12)8-16-11-6-4-3-5-7-11/h3-7,9-10,14H,8H2,1-2H3. The lowest BCUT2D eigenvalue weighted by atomic mass is 10.3. The fourth-order valence-corrected chi connectivity index (χ4v) is 2.20. The Hall–Kier alpha value is -1.39. The third kappa shape index (κ3) is 3.28.